The van der Waals surface area contributed by atoms with Gasteiger partial charge in [0.2, 0.25) is 0 Å². The van der Waals surface area contributed by atoms with Crippen LogP contribution in [0, 0.1) is 0 Å². The molecular weight excluding hydrogens is 233 g/mol. The number of alkyl halides is 1. The Labute approximate surface area is 99.4 Å². The Balaban J connectivity index is 2.36. The summed E-state index contributed by atoms with van der Waals surface area (Å²) < 4.78 is 0. The average molecular weight is 246 g/mol. The number of halogens is 2. The third kappa shape index (κ3) is 2.18. The molecule has 0 unspecified atom stereocenters. The Bertz CT molecular complexity index is 353. The van der Waals surface area contributed by atoms with Crippen molar-refractivity contribution in [2.45, 2.75) is 31.7 Å². The van der Waals surface area contributed by atoms with E-state index in [1.165, 1.54) is 19.2 Å². The minimum absolute atomic E-state index is 0.359. The molecule has 1 heterocycles. The van der Waals surface area contributed by atoms with Gasteiger partial charge in [-0.1, -0.05) is 11.6 Å². The van der Waals surface area contributed by atoms with E-state index in [-0.39, 0.29) is 0 Å². The lowest BCUT2D eigenvalue weighted by Gasteiger charge is -2.23. The number of aromatic nitrogens is 2. The SMILES string of the molecule is CCN(c1ncnc(Cl)c1CCl)C1CC1. The number of hydrogen-bond donors (Lipinski definition) is 0. The standard InChI is InChI=1S/C10H13Cl2N3/c1-2-15(7-3-4-7)10-8(5-11)9(12)13-6-14-10/h6-7H,2-5H2,1H3. The van der Waals surface area contributed by atoms with Crippen molar-refractivity contribution in [3.05, 3.63) is 17.0 Å². The minimum atomic E-state index is 0.359. The van der Waals surface area contributed by atoms with Crippen molar-refractivity contribution in [1.82, 2.24) is 9.97 Å². The van der Waals surface area contributed by atoms with Gasteiger partial charge in [0.15, 0.2) is 0 Å². The highest BCUT2D eigenvalue weighted by atomic mass is 35.5. The van der Waals surface area contributed by atoms with Gasteiger partial charge in [0.1, 0.15) is 17.3 Å². The van der Waals surface area contributed by atoms with Crippen LogP contribution in [0.25, 0.3) is 0 Å². The van der Waals surface area contributed by atoms with Crippen LogP contribution in [-0.4, -0.2) is 22.6 Å². The fourth-order valence-electron chi connectivity index (χ4n) is 1.71. The number of anilines is 1. The summed E-state index contributed by atoms with van der Waals surface area (Å²) in [6, 6.07) is 0.614. The molecule has 82 valence electrons. The predicted molar refractivity (Wildman–Crippen MR) is 62.6 cm³/mol. The third-order valence-corrected chi connectivity index (χ3v) is 3.20. The first kappa shape index (κ1) is 11.0. The van der Waals surface area contributed by atoms with E-state index in [0.29, 0.717) is 17.1 Å². The van der Waals surface area contributed by atoms with Crippen LogP contribution >= 0.6 is 23.2 Å². The summed E-state index contributed by atoms with van der Waals surface area (Å²) in [5.74, 6) is 1.26. The molecule has 15 heavy (non-hydrogen) atoms. The molecule has 0 spiro atoms. The van der Waals surface area contributed by atoms with Crippen LogP contribution in [0.1, 0.15) is 25.3 Å². The Morgan fingerprint density at radius 1 is 1.47 bits per heavy atom. The van der Waals surface area contributed by atoms with E-state index in [0.717, 1.165) is 17.9 Å². The van der Waals surface area contributed by atoms with E-state index in [2.05, 4.69) is 21.8 Å². The fraction of sp³-hybridized carbons (Fsp3) is 0.600. The Morgan fingerprint density at radius 3 is 2.73 bits per heavy atom. The lowest BCUT2D eigenvalue weighted by atomic mass is 10.3. The molecule has 1 saturated carbocycles. The lowest BCUT2D eigenvalue weighted by Crippen LogP contribution is -2.27. The van der Waals surface area contributed by atoms with E-state index in [4.69, 9.17) is 23.2 Å². The van der Waals surface area contributed by atoms with E-state index < -0.39 is 0 Å². The van der Waals surface area contributed by atoms with Crippen LogP contribution in [0.4, 0.5) is 5.82 Å². The van der Waals surface area contributed by atoms with E-state index in [9.17, 15) is 0 Å². The second kappa shape index (κ2) is 4.54. The third-order valence-electron chi connectivity index (χ3n) is 2.60. The van der Waals surface area contributed by atoms with Crippen molar-refractivity contribution < 1.29 is 0 Å². The van der Waals surface area contributed by atoms with Gasteiger partial charge in [-0.05, 0) is 19.8 Å². The Morgan fingerprint density at radius 2 is 2.20 bits per heavy atom. The fourth-order valence-corrected chi connectivity index (χ4v) is 2.22. The lowest BCUT2D eigenvalue weighted by molar-refractivity contribution is 0.798. The van der Waals surface area contributed by atoms with Crippen LogP contribution in [0.3, 0.4) is 0 Å². The first-order valence-electron chi connectivity index (χ1n) is 5.10. The molecule has 3 nitrogen and oxygen atoms in total. The molecule has 0 bridgehead atoms. The van der Waals surface area contributed by atoms with Gasteiger partial charge in [0.05, 0.1) is 5.88 Å². The van der Waals surface area contributed by atoms with Crippen molar-refractivity contribution in [1.29, 1.82) is 0 Å². The van der Waals surface area contributed by atoms with Crippen LogP contribution in [0.15, 0.2) is 6.33 Å². The average Bonchev–Trinajstić information content (AvgIpc) is 3.04. The van der Waals surface area contributed by atoms with Gasteiger partial charge >= 0.3 is 0 Å². The molecular formula is C10H13Cl2N3. The second-order valence-corrected chi connectivity index (χ2v) is 4.24. The Kier molecular flexibility index (Phi) is 3.32. The van der Waals surface area contributed by atoms with E-state index in [1.807, 2.05) is 0 Å². The smallest absolute Gasteiger partial charge is 0.138 e. The number of hydrogen-bond acceptors (Lipinski definition) is 3. The van der Waals surface area contributed by atoms with Crippen LogP contribution in [-0.2, 0) is 5.88 Å². The molecule has 0 atom stereocenters. The quantitative estimate of drug-likeness (QED) is 0.604. The zero-order valence-corrected chi connectivity index (χ0v) is 10.1. The molecule has 2 rings (SSSR count). The van der Waals surface area contributed by atoms with Gasteiger partial charge in [-0.15, -0.1) is 11.6 Å². The molecule has 0 amide bonds. The van der Waals surface area contributed by atoms with Crippen molar-refractivity contribution >= 4 is 29.0 Å². The molecule has 1 aliphatic rings. The van der Waals surface area contributed by atoms with Crippen LogP contribution in [0.2, 0.25) is 5.15 Å². The maximum Gasteiger partial charge on any atom is 0.138 e. The first-order valence-corrected chi connectivity index (χ1v) is 6.01. The molecule has 0 N–H and O–H groups in total. The maximum atomic E-state index is 5.99. The van der Waals surface area contributed by atoms with Crippen molar-refractivity contribution in [2.24, 2.45) is 0 Å². The topological polar surface area (TPSA) is 29.0 Å². The van der Waals surface area contributed by atoms with Gasteiger partial charge in [-0.25, -0.2) is 9.97 Å². The molecule has 0 radical (unpaired) electrons. The Hall–Kier alpha value is -0.540. The molecule has 1 aliphatic carbocycles. The molecule has 1 aromatic heterocycles. The molecule has 1 fully saturated rings. The van der Waals surface area contributed by atoms with Crippen molar-refractivity contribution in [3.63, 3.8) is 0 Å². The highest BCUT2D eigenvalue weighted by Crippen LogP contribution is 2.34. The van der Waals surface area contributed by atoms with Crippen molar-refractivity contribution in [3.8, 4) is 0 Å². The van der Waals surface area contributed by atoms with Gasteiger partial charge in [0, 0.05) is 18.2 Å². The summed E-state index contributed by atoms with van der Waals surface area (Å²) >= 11 is 11.9. The summed E-state index contributed by atoms with van der Waals surface area (Å²) in [6.45, 7) is 3.05. The van der Waals surface area contributed by atoms with Gasteiger partial charge in [0.25, 0.3) is 0 Å². The molecule has 0 aromatic carbocycles. The highest BCUT2D eigenvalue weighted by molar-refractivity contribution is 6.31. The van der Waals surface area contributed by atoms with Gasteiger partial charge < -0.3 is 4.90 Å². The first-order chi connectivity index (χ1) is 7.27. The largest absolute Gasteiger partial charge is 0.354 e. The summed E-state index contributed by atoms with van der Waals surface area (Å²) in [5.41, 5.74) is 0.842. The molecule has 0 aliphatic heterocycles. The van der Waals surface area contributed by atoms with E-state index >= 15 is 0 Å². The van der Waals surface area contributed by atoms with Crippen molar-refractivity contribution in [2.75, 3.05) is 11.4 Å². The maximum absolute atomic E-state index is 5.99. The minimum Gasteiger partial charge on any atom is -0.354 e. The molecule has 5 heteroatoms. The molecule has 1 aromatic rings. The van der Waals surface area contributed by atoms with E-state index in [1.54, 1.807) is 0 Å². The molecule has 0 saturated heterocycles. The highest BCUT2D eigenvalue weighted by Gasteiger charge is 2.30. The zero-order valence-electron chi connectivity index (χ0n) is 8.58. The summed E-state index contributed by atoms with van der Waals surface area (Å²) in [5, 5.41) is 0.467. The normalized spacial score (nSPS) is 15.4. The van der Waals surface area contributed by atoms with Gasteiger partial charge in [-0.2, -0.15) is 0 Å². The predicted octanol–water partition coefficient (Wildman–Crippen LogP) is 2.86. The zero-order chi connectivity index (χ0) is 10.8. The van der Waals surface area contributed by atoms with Crippen LogP contribution in [0.5, 0.6) is 0 Å². The number of rotatable bonds is 4. The van der Waals surface area contributed by atoms with Crippen LogP contribution < -0.4 is 4.90 Å². The summed E-state index contributed by atoms with van der Waals surface area (Å²) in [6.07, 6.45) is 3.97. The second-order valence-electron chi connectivity index (χ2n) is 3.62. The summed E-state index contributed by atoms with van der Waals surface area (Å²) in [7, 11) is 0. The van der Waals surface area contributed by atoms with Gasteiger partial charge in [-0.3, -0.25) is 0 Å². The monoisotopic (exact) mass is 245 g/mol. The summed E-state index contributed by atoms with van der Waals surface area (Å²) in [4.78, 5) is 10.5. The number of nitrogens with zero attached hydrogens (tertiary/aromatic N) is 3.